The van der Waals surface area contributed by atoms with Gasteiger partial charge in [0.25, 0.3) is 5.91 Å². The average molecular weight is 595 g/mol. The number of nitrogens with zero attached hydrogens (tertiary/aromatic N) is 1. The third-order valence-corrected chi connectivity index (χ3v) is 5.48. The second kappa shape index (κ2) is 10.5. The summed E-state index contributed by atoms with van der Waals surface area (Å²) in [4.78, 5) is 12.4. The van der Waals surface area contributed by atoms with E-state index in [4.69, 9.17) is 4.74 Å². The van der Waals surface area contributed by atoms with Gasteiger partial charge in [-0.1, -0.05) is 24.3 Å². The van der Waals surface area contributed by atoms with E-state index in [2.05, 4.69) is 43.8 Å². The molecule has 0 bridgehead atoms. The molecule has 8 heteroatoms. The van der Waals surface area contributed by atoms with Gasteiger partial charge >= 0.3 is 0 Å². The number of hydrogen-bond donors (Lipinski definition) is 1. The molecule has 0 aromatic heterocycles. The molecule has 0 unspecified atom stereocenters. The summed E-state index contributed by atoms with van der Waals surface area (Å²) in [6.07, 6.45) is 1.40. The van der Waals surface area contributed by atoms with Gasteiger partial charge in [0.2, 0.25) is 0 Å². The minimum absolute atomic E-state index is 0.00879. The van der Waals surface area contributed by atoms with Crippen LogP contribution >= 0.6 is 38.5 Å². The molecule has 3 aromatic rings. The van der Waals surface area contributed by atoms with E-state index < -0.39 is 11.7 Å². The fraction of sp³-hybridized carbons (Fsp3) is 0.0435. The highest BCUT2D eigenvalue weighted by atomic mass is 127. The van der Waals surface area contributed by atoms with Gasteiger partial charge in [-0.25, -0.2) is 8.78 Å². The molecule has 0 aliphatic rings. The Bertz CT molecular complexity index is 1190. The first-order chi connectivity index (χ1) is 14.9. The molecule has 0 saturated heterocycles. The number of halogens is 4. The van der Waals surface area contributed by atoms with Gasteiger partial charge in [-0.05, 0) is 92.1 Å². The zero-order valence-electron chi connectivity index (χ0n) is 15.8. The summed E-state index contributed by atoms with van der Waals surface area (Å²) in [6.45, 7) is 0.177. The highest BCUT2D eigenvalue weighted by molar-refractivity contribution is 14.1. The molecule has 0 aliphatic heterocycles. The van der Waals surface area contributed by atoms with Crippen molar-refractivity contribution in [2.24, 2.45) is 0 Å². The van der Waals surface area contributed by atoms with Crippen LogP contribution in [0.15, 0.2) is 70.7 Å². The maximum absolute atomic E-state index is 13.8. The predicted molar refractivity (Wildman–Crippen MR) is 126 cm³/mol. The molecule has 31 heavy (non-hydrogen) atoms. The lowest BCUT2D eigenvalue weighted by molar-refractivity contribution is -0.112. The van der Waals surface area contributed by atoms with Crippen molar-refractivity contribution >= 4 is 56.2 Å². The molecule has 0 spiro atoms. The van der Waals surface area contributed by atoms with E-state index in [0.717, 1.165) is 3.57 Å². The minimum atomic E-state index is -0.717. The van der Waals surface area contributed by atoms with Crippen molar-refractivity contribution < 1.29 is 18.3 Å². The summed E-state index contributed by atoms with van der Waals surface area (Å²) < 4.78 is 34.2. The maximum atomic E-state index is 13.8. The topological polar surface area (TPSA) is 62.1 Å². The first kappa shape index (κ1) is 22.9. The highest BCUT2D eigenvalue weighted by Gasteiger charge is 2.14. The molecule has 156 valence electrons. The molecule has 1 amide bonds. The Morgan fingerprint density at radius 3 is 2.61 bits per heavy atom. The second-order valence-electron chi connectivity index (χ2n) is 6.34. The normalized spacial score (nSPS) is 11.0. The minimum Gasteiger partial charge on any atom is -0.487 e. The Labute approximate surface area is 199 Å². The Morgan fingerprint density at radius 2 is 1.94 bits per heavy atom. The fourth-order valence-electron chi connectivity index (χ4n) is 2.65. The number of rotatable bonds is 6. The number of nitrogens with one attached hydrogen (secondary N) is 1. The fourth-order valence-corrected chi connectivity index (χ4v) is 4.42. The van der Waals surface area contributed by atoms with Crippen LogP contribution in [0.5, 0.6) is 5.75 Å². The molecule has 0 heterocycles. The molecule has 0 atom stereocenters. The van der Waals surface area contributed by atoms with Crippen molar-refractivity contribution in [3.63, 3.8) is 0 Å². The molecule has 1 N–H and O–H groups in total. The molecular formula is C23H14BrF2IN2O2. The van der Waals surface area contributed by atoms with E-state index in [1.54, 1.807) is 30.3 Å². The summed E-state index contributed by atoms with van der Waals surface area (Å²) in [5.41, 5.74) is 1.07. The van der Waals surface area contributed by atoms with Gasteiger partial charge in [0, 0.05) is 0 Å². The summed E-state index contributed by atoms with van der Waals surface area (Å²) in [5.74, 6) is -1.10. The summed E-state index contributed by atoms with van der Waals surface area (Å²) in [6, 6.07) is 17.1. The van der Waals surface area contributed by atoms with Crippen LogP contribution in [0.3, 0.4) is 0 Å². The molecule has 0 fully saturated rings. The summed E-state index contributed by atoms with van der Waals surface area (Å²) in [7, 11) is 0. The van der Waals surface area contributed by atoms with E-state index in [-0.39, 0.29) is 23.7 Å². The van der Waals surface area contributed by atoms with Crippen molar-refractivity contribution in [1.82, 2.24) is 0 Å². The van der Waals surface area contributed by atoms with Gasteiger partial charge in [-0.15, -0.1) is 0 Å². The number of nitriles is 1. The van der Waals surface area contributed by atoms with E-state index >= 15 is 0 Å². The number of carbonyl (C=O) groups excluding carboxylic acids is 1. The number of carbonyl (C=O) groups is 1. The van der Waals surface area contributed by atoms with Crippen LogP contribution < -0.4 is 10.1 Å². The zero-order valence-corrected chi connectivity index (χ0v) is 19.6. The van der Waals surface area contributed by atoms with E-state index in [9.17, 15) is 18.8 Å². The van der Waals surface area contributed by atoms with Crippen molar-refractivity contribution in [3.8, 4) is 11.8 Å². The SMILES string of the molecule is N#C/C(=C/c1cc(Br)c(OCc2cccc(F)c2)c(I)c1)C(=O)Nc1ccccc1F. The molecule has 4 nitrogen and oxygen atoms in total. The van der Waals surface area contributed by atoms with Crippen LogP contribution in [0.1, 0.15) is 11.1 Å². The number of para-hydroxylation sites is 1. The van der Waals surface area contributed by atoms with Gasteiger partial charge in [-0.3, -0.25) is 4.79 Å². The Morgan fingerprint density at radius 1 is 1.16 bits per heavy atom. The zero-order chi connectivity index (χ0) is 22.4. The van der Waals surface area contributed by atoms with Gasteiger partial charge in [-0.2, -0.15) is 5.26 Å². The van der Waals surface area contributed by atoms with Crippen LogP contribution in [0.2, 0.25) is 0 Å². The van der Waals surface area contributed by atoms with Crippen LogP contribution in [0.25, 0.3) is 6.08 Å². The van der Waals surface area contributed by atoms with Crippen molar-refractivity contribution in [1.29, 1.82) is 5.26 Å². The Balaban J connectivity index is 1.78. The Kier molecular flexibility index (Phi) is 7.76. The lowest BCUT2D eigenvalue weighted by Gasteiger charge is -2.12. The van der Waals surface area contributed by atoms with Crippen LogP contribution in [0, 0.1) is 26.5 Å². The Hall–Kier alpha value is -2.77. The molecule has 0 aliphatic carbocycles. The number of ether oxygens (including phenoxy) is 1. The maximum Gasteiger partial charge on any atom is 0.266 e. The standard InChI is InChI=1S/C23H14BrF2IN2O2/c24-18-10-15(8-16(12-28)23(30)29-21-7-2-1-6-19(21)26)11-20(27)22(18)31-13-14-4-3-5-17(25)9-14/h1-11H,13H2,(H,29,30)/b16-8-. The predicted octanol–water partition coefficient (Wildman–Crippen LogP) is 6.46. The first-order valence-corrected chi connectivity index (χ1v) is 10.8. The second-order valence-corrected chi connectivity index (χ2v) is 8.35. The smallest absolute Gasteiger partial charge is 0.266 e. The van der Waals surface area contributed by atoms with Gasteiger partial charge < -0.3 is 10.1 Å². The third kappa shape index (κ3) is 6.12. The van der Waals surface area contributed by atoms with Crippen molar-refractivity contribution in [3.05, 3.63) is 97.0 Å². The van der Waals surface area contributed by atoms with Crippen LogP contribution in [0.4, 0.5) is 14.5 Å². The summed E-state index contributed by atoms with van der Waals surface area (Å²) in [5, 5.41) is 11.8. The highest BCUT2D eigenvalue weighted by Crippen LogP contribution is 2.33. The third-order valence-electron chi connectivity index (χ3n) is 4.09. The lowest BCUT2D eigenvalue weighted by Crippen LogP contribution is -2.14. The lowest BCUT2D eigenvalue weighted by atomic mass is 10.1. The van der Waals surface area contributed by atoms with E-state index in [1.807, 2.05) is 6.07 Å². The molecular weight excluding hydrogens is 581 g/mol. The number of benzene rings is 3. The van der Waals surface area contributed by atoms with Gasteiger partial charge in [0.15, 0.2) is 0 Å². The number of amides is 1. The number of anilines is 1. The molecule has 0 radical (unpaired) electrons. The number of hydrogen-bond acceptors (Lipinski definition) is 3. The average Bonchev–Trinajstić information content (AvgIpc) is 2.73. The first-order valence-electron chi connectivity index (χ1n) is 8.91. The van der Waals surface area contributed by atoms with Crippen molar-refractivity contribution in [2.45, 2.75) is 6.61 Å². The molecule has 0 saturated carbocycles. The molecule has 3 rings (SSSR count). The van der Waals surface area contributed by atoms with Crippen molar-refractivity contribution in [2.75, 3.05) is 5.32 Å². The van der Waals surface area contributed by atoms with Gasteiger partial charge in [0.1, 0.15) is 35.6 Å². The largest absolute Gasteiger partial charge is 0.487 e. The summed E-state index contributed by atoms with van der Waals surface area (Å²) >= 11 is 5.50. The van der Waals surface area contributed by atoms with Crippen LogP contribution in [-0.2, 0) is 11.4 Å². The monoisotopic (exact) mass is 594 g/mol. The van der Waals surface area contributed by atoms with E-state index in [1.165, 1.54) is 36.4 Å². The van der Waals surface area contributed by atoms with E-state index in [0.29, 0.717) is 21.3 Å². The quantitative estimate of drug-likeness (QED) is 0.202. The van der Waals surface area contributed by atoms with Crippen LogP contribution in [-0.4, -0.2) is 5.91 Å². The van der Waals surface area contributed by atoms with Gasteiger partial charge in [0.05, 0.1) is 13.7 Å². The molecule has 3 aromatic carbocycles.